The molecule has 0 radical (unpaired) electrons. The Morgan fingerprint density at radius 3 is 2.17 bits per heavy atom. The van der Waals surface area contributed by atoms with E-state index in [0.717, 1.165) is 48.5 Å². The van der Waals surface area contributed by atoms with Gasteiger partial charge in [-0.3, -0.25) is 0 Å². The van der Waals surface area contributed by atoms with Crippen molar-refractivity contribution in [3.63, 3.8) is 0 Å². The van der Waals surface area contributed by atoms with Gasteiger partial charge in [0.15, 0.2) is 0 Å². The van der Waals surface area contributed by atoms with Crippen molar-refractivity contribution >= 4 is 11.0 Å². The Hall–Kier alpha value is -1.48. The number of rotatable bonds is 7. The summed E-state index contributed by atoms with van der Waals surface area (Å²) >= 11 is 0. The van der Waals surface area contributed by atoms with E-state index < -0.39 is 0 Å². The van der Waals surface area contributed by atoms with Crippen LogP contribution in [0.25, 0.3) is 11.0 Å². The van der Waals surface area contributed by atoms with Crippen molar-refractivity contribution in [1.82, 2.24) is 9.97 Å². The van der Waals surface area contributed by atoms with Crippen LogP contribution >= 0.6 is 0 Å². The molecule has 1 heterocycles. The molecule has 3 nitrogen and oxygen atoms in total. The molecule has 0 fully saturated rings. The Kier molecular flexibility index (Phi) is 5.64. The van der Waals surface area contributed by atoms with Crippen LogP contribution in [0.2, 0.25) is 0 Å². The standard InChI is InChI=1S/C21H32N2O/c1-8-24-14-21(6,7)20(4,5)12-11-17-9-10-18-19(13-17)23-16(3)15(2)22-18/h9-10,13H,8,11-12,14H2,1-7H3. The molecule has 0 saturated heterocycles. The van der Waals surface area contributed by atoms with Gasteiger partial charge in [0, 0.05) is 6.61 Å². The summed E-state index contributed by atoms with van der Waals surface area (Å²) in [5.74, 6) is 0. The fourth-order valence-electron chi connectivity index (χ4n) is 2.78. The third-order valence-corrected chi connectivity index (χ3v) is 5.68. The number of hydrogen-bond donors (Lipinski definition) is 0. The summed E-state index contributed by atoms with van der Waals surface area (Å²) < 4.78 is 5.70. The van der Waals surface area contributed by atoms with Gasteiger partial charge in [0.1, 0.15) is 0 Å². The van der Waals surface area contributed by atoms with E-state index in [4.69, 9.17) is 4.74 Å². The molecule has 0 aliphatic carbocycles. The van der Waals surface area contributed by atoms with Gasteiger partial charge in [-0.25, -0.2) is 9.97 Å². The fourth-order valence-corrected chi connectivity index (χ4v) is 2.78. The Morgan fingerprint density at radius 2 is 1.54 bits per heavy atom. The van der Waals surface area contributed by atoms with E-state index in [2.05, 4.69) is 62.8 Å². The summed E-state index contributed by atoms with van der Waals surface area (Å²) in [6.45, 7) is 17.0. The van der Waals surface area contributed by atoms with Crippen LogP contribution in [0.4, 0.5) is 0 Å². The van der Waals surface area contributed by atoms with E-state index in [-0.39, 0.29) is 10.8 Å². The molecular formula is C21H32N2O. The second-order valence-corrected chi connectivity index (χ2v) is 8.12. The summed E-state index contributed by atoms with van der Waals surface area (Å²) in [5.41, 5.74) is 5.69. The first-order chi connectivity index (χ1) is 11.2. The molecular weight excluding hydrogens is 296 g/mol. The zero-order valence-corrected chi connectivity index (χ0v) is 16.4. The maximum absolute atomic E-state index is 5.70. The molecule has 1 aromatic heterocycles. The number of ether oxygens (including phenoxy) is 1. The molecule has 132 valence electrons. The van der Waals surface area contributed by atoms with E-state index in [1.165, 1.54) is 5.56 Å². The SMILES string of the molecule is CCOCC(C)(C)C(C)(C)CCc1ccc2nc(C)c(C)nc2c1. The first-order valence-corrected chi connectivity index (χ1v) is 8.98. The smallest absolute Gasteiger partial charge is 0.0892 e. The van der Waals surface area contributed by atoms with E-state index in [1.54, 1.807) is 0 Å². The molecule has 0 spiro atoms. The van der Waals surface area contributed by atoms with Gasteiger partial charge in [0.05, 0.1) is 29.0 Å². The predicted molar refractivity (Wildman–Crippen MR) is 101 cm³/mol. The van der Waals surface area contributed by atoms with Crippen LogP contribution in [0, 0.1) is 24.7 Å². The predicted octanol–water partition coefficient (Wildman–Crippen LogP) is 5.27. The summed E-state index contributed by atoms with van der Waals surface area (Å²) in [7, 11) is 0. The largest absolute Gasteiger partial charge is 0.381 e. The van der Waals surface area contributed by atoms with E-state index in [0.29, 0.717) is 0 Å². The lowest BCUT2D eigenvalue weighted by molar-refractivity contribution is -0.00863. The number of hydrogen-bond acceptors (Lipinski definition) is 3. The quantitative estimate of drug-likeness (QED) is 0.694. The first-order valence-electron chi connectivity index (χ1n) is 8.98. The zero-order chi connectivity index (χ0) is 18.0. The Morgan fingerprint density at radius 1 is 0.917 bits per heavy atom. The molecule has 0 aliphatic heterocycles. The Balaban J connectivity index is 2.13. The van der Waals surface area contributed by atoms with Crippen LogP contribution in [0.15, 0.2) is 18.2 Å². The third kappa shape index (κ3) is 4.13. The molecule has 24 heavy (non-hydrogen) atoms. The van der Waals surface area contributed by atoms with Gasteiger partial charge >= 0.3 is 0 Å². The maximum Gasteiger partial charge on any atom is 0.0892 e. The van der Waals surface area contributed by atoms with Gasteiger partial charge in [-0.15, -0.1) is 0 Å². The lowest BCUT2D eigenvalue weighted by Crippen LogP contribution is -2.37. The number of fused-ring (bicyclic) bond motifs is 1. The minimum absolute atomic E-state index is 0.146. The van der Waals surface area contributed by atoms with Gasteiger partial charge in [0.2, 0.25) is 0 Å². The van der Waals surface area contributed by atoms with Crippen LogP contribution in [0.1, 0.15) is 58.0 Å². The summed E-state index contributed by atoms with van der Waals surface area (Å²) in [6, 6.07) is 6.49. The number of aryl methyl sites for hydroxylation is 3. The summed E-state index contributed by atoms with van der Waals surface area (Å²) in [4.78, 5) is 9.31. The highest BCUT2D eigenvalue weighted by molar-refractivity contribution is 5.75. The minimum Gasteiger partial charge on any atom is -0.381 e. The van der Waals surface area contributed by atoms with Crippen LogP contribution in [-0.4, -0.2) is 23.2 Å². The maximum atomic E-state index is 5.70. The Labute approximate surface area is 146 Å². The molecule has 2 aromatic rings. The zero-order valence-electron chi connectivity index (χ0n) is 16.4. The van der Waals surface area contributed by atoms with Gasteiger partial charge in [-0.2, -0.15) is 0 Å². The van der Waals surface area contributed by atoms with Gasteiger partial charge in [0.25, 0.3) is 0 Å². The van der Waals surface area contributed by atoms with Gasteiger partial charge in [-0.1, -0.05) is 33.8 Å². The van der Waals surface area contributed by atoms with Crippen LogP contribution < -0.4 is 0 Å². The third-order valence-electron chi connectivity index (χ3n) is 5.68. The highest BCUT2D eigenvalue weighted by atomic mass is 16.5. The van der Waals surface area contributed by atoms with Crippen LogP contribution in [0.3, 0.4) is 0 Å². The van der Waals surface area contributed by atoms with Crippen LogP contribution in [-0.2, 0) is 11.2 Å². The highest BCUT2D eigenvalue weighted by Gasteiger charge is 2.36. The second kappa shape index (κ2) is 7.18. The normalized spacial score (nSPS) is 12.8. The Bertz CT molecular complexity index is 704. The first kappa shape index (κ1) is 18.9. The number of nitrogens with zero attached hydrogens (tertiary/aromatic N) is 2. The lowest BCUT2D eigenvalue weighted by atomic mass is 9.65. The topological polar surface area (TPSA) is 35.0 Å². The highest BCUT2D eigenvalue weighted by Crippen LogP contribution is 2.42. The van der Waals surface area contributed by atoms with E-state index in [1.807, 2.05) is 13.8 Å². The molecule has 0 atom stereocenters. The lowest BCUT2D eigenvalue weighted by Gasteiger charge is -2.41. The molecule has 0 N–H and O–H groups in total. The van der Waals surface area contributed by atoms with Crippen molar-refractivity contribution in [2.75, 3.05) is 13.2 Å². The number of benzene rings is 1. The molecule has 1 aromatic carbocycles. The summed E-state index contributed by atoms with van der Waals surface area (Å²) in [6.07, 6.45) is 2.17. The average Bonchev–Trinajstić information content (AvgIpc) is 2.52. The molecule has 0 amide bonds. The van der Waals surface area contributed by atoms with Gasteiger partial charge in [-0.05, 0) is 62.1 Å². The second-order valence-electron chi connectivity index (χ2n) is 8.12. The minimum atomic E-state index is 0.146. The average molecular weight is 329 g/mol. The van der Waals surface area contributed by atoms with Crippen molar-refractivity contribution in [2.45, 2.75) is 61.3 Å². The van der Waals surface area contributed by atoms with Gasteiger partial charge < -0.3 is 4.74 Å². The molecule has 0 unspecified atom stereocenters. The van der Waals surface area contributed by atoms with E-state index in [9.17, 15) is 0 Å². The van der Waals surface area contributed by atoms with Crippen LogP contribution in [0.5, 0.6) is 0 Å². The monoisotopic (exact) mass is 328 g/mol. The molecule has 3 heteroatoms. The number of aromatic nitrogens is 2. The van der Waals surface area contributed by atoms with Crippen molar-refractivity contribution < 1.29 is 4.74 Å². The molecule has 0 aliphatic rings. The van der Waals surface area contributed by atoms with Crippen molar-refractivity contribution in [2.24, 2.45) is 10.8 Å². The van der Waals surface area contributed by atoms with Crippen molar-refractivity contribution in [1.29, 1.82) is 0 Å². The van der Waals surface area contributed by atoms with E-state index >= 15 is 0 Å². The fraction of sp³-hybridized carbons (Fsp3) is 0.619. The summed E-state index contributed by atoms with van der Waals surface area (Å²) in [5, 5.41) is 0. The molecule has 0 bridgehead atoms. The van der Waals surface area contributed by atoms with Crippen molar-refractivity contribution in [3.05, 3.63) is 35.2 Å². The molecule has 2 rings (SSSR count). The van der Waals surface area contributed by atoms with Crippen molar-refractivity contribution in [3.8, 4) is 0 Å². The molecule has 0 saturated carbocycles.